The van der Waals surface area contributed by atoms with E-state index in [2.05, 4.69) is 5.32 Å². The lowest BCUT2D eigenvalue weighted by atomic mass is 10.2. The van der Waals surface area contributed by atoms with Crippen LogP contribution in [0.4, 0.5) is 0 Å². The SMILES string of the molecule is CC(O)C(N)NC(C)(C)O. The molecule has 0 heterocycles. The van der Waals surface area contributed by atoms with Crippen molar-refractivity contribution < 1.29 is 10.2 Å². The molecule has 5 N–H and O–H groups in total. The van der Waals surface area contributed by atoms with Crippen LogP contribution in [0.15, 0.2) is 0 Å². The molecule has 4 nitrogen and oxygen atoms in total. The number of hydrogen-bond acceptors (Lipinski definition) is 4. The Balaban J connectivity index is 3.68. The standard InChI is InChI=1S/C6H16N2O2/c1-4(9)5(7)8-6(2,3)10/h4-5,8-10H,7H2,1-3H3. The van der Waals surface area contributed by atoms with Gasteiger partial charge in [0.05, 0.1) is 12.3 Å². The maximum atomic E-state index is 9.13. The summed E-state index contributed by atoms with van der Waals surface area (Å²) in [5.74, 6) is 0. The normalized spacial score (nSPS) is 18.6. The van der Waals surface area contributed by atoms with Crippen LogP contribution in [-0.4, -0.2) is 28.2 Å². The zero-order valence-electron chi connectivity index (χ0n) is 6.63. The van der Waals surface area contributed by atoms with Crippen molar-refractivity contribution in [2.24, 2.45) is 5.73 Å². The van der Waals surface area contributed by atoms with Gasteiger partial charge in [-0.25, -0.2) is 0 Å². The molecule has 0 aliphatic rings. The highest BCUT2D eigenvalue weighted by molar-refractivity contribution is 4.71. The zero-order valence-corrected chi connectivity index (χ0v) is 6.63. The van der Waals surface area contributed by atoms with E-state index in [1.54, 1.807) is 20.8 Å². The Kier molecular flexibility index (Phi) is 3.24. The fourth-order valence-corrected chi connectivity index (χ4v) is 0.528. The molecule has 0 aliphatic carbocycles. The van der Waals surface area contributed by atoms with E-state index in [-0.39, 0.29) is 0 Å². The van der Waals surface area contributed by atoms with Crippen molar-refractivity contribution in [2.45, 2.75) is 38.8 Å². The second-order valence-corrected chi connectivity index (χ2v) is 2.97. The average molecular weight is 148 g/mol. The van der Waals surface area contributed by atoms with Crippen molar-refractivity contribution in [1.29, 1.82) is 0 Å². The Morgan fingerprint density at radius 2 is 1.90 bits per heavy atom. The Morgan fingerprint density at radius 3 is 2.00 bits per heavy atom. The summed E-state index contributed by atoms with van der Waals surface area (Å²) in [6.45, 7) is 4.69. The van der Waals surface area contributed by atoms with Crippen LogP contribution in [0.3, 0.4) is 0 Å². The van der Waals surface area contributed by atoms with Gasteiger partial charge in [-0.05, 0) is 20.8 Å². The second kappa shape index (κ2) is 3.30. The molecule has 2 atom stereocenters. The summed E-state index contributed by atoms with van der Waals surface area (Å²) < 4.78 is 0. The van der Waals surface area contributed by atoms with E-state index in [1.165, 1.54) is 0 Å². The smallest absolute Gasteiger partial charge is 0.111 e. The van der Waals surface area contributed by atoms with E-state index >= 15 is 0 Å². The molecule has 4 heteroatoms. The third-order valence-electron chi connectivity index (χ3n) is 1.04. The topological polar surface area (TPSA) is 78.5 Å². The van der Waals surface area contributed by atoms with Gasteiger partial charge < -0.3 is 15.9 Å². The first-order chi connectivity index (χ1) is 4.33. The lowest BCUT2D eigenvalue weighted by molar-refractivity contribution is 0.00866. The van der Waals surface area contributed by atoms with Gasteiger partial charge in [0, 0.05) is 0 Å². The molecule has 0 fully saturated rings. The summed E-state index contributed by atoms with van der Waals surface area (Å²) >= 11 is 0. The maximum Gasteiger partial charge on any atom is 0.111 e. The molecule has 62 valence electrons. The van der Waals surface area contributed by atoms with Crippen molar-refractivity contribution >= 4 is 0 Å². The third-order valence-corrected chi connectivity index (χ3v) is 1.04. The summed E-state index contributed by atoms with van der Waals surface area (Å²) in [6, 6.07) is 0. The number of rotatable bonds is 3. The Morgan fingerprint density at radius 1 is 1.50 bits per heavy atom. The Hall–Kier alpha value is -0.160. The summed E-state index contributed by atoms with van der Waals surface area (Å²) in [5, 5.41) is 20.6. The molecule has 0 rings (SSSR count). The summed E-state index contributed by atoms with van der Waals surface area (Å²) in [4.78, 5) is 0. The van der Waals surface area contributed by atoms with Gasteiger partial charge in [0.15, 0.2) is 0 Å². The highest BCUT2D eigenvalue weighted by atomic mass is 16.3. The van der Waals surface area contributed by atoms with E-state index in [4.69, 9.17) is 15.9 Å². The minimum Gasteiger partial charge on any atom is -0.390 e. The maximum absolute atomic E-state index is 9.13. The van der Waals surface area contributed by atoms with E-state index < -0.39 is 18.0 Å². The first-order valence-corrected chi connectivity index (χ1v) is 3.26. The molecule has 2 unspecified atom stereocenters. The summed E-state index contributed by atoms with van der Waals surface area (Å²) in [5.41, 5.74) is 4.35. The van der Waals surface area contributed by atoms with Gasteiger partial charge in [-0.3, -0.25) is 5.32 Å². The third kappa shape index (κ3) is 4.69. The molecule has 0 saturated carbocycles. The first-order valence-electron chi connectivity index (χ1n) is 3.26. The number of aliphatic hydroxyl groups excluding tert-OH is 1. The lowest BCUT2D eigenvalue weighted by Gasteiger charge is -2.26. The molecule has 0 saturated heterocycles. The molecule has 0 radical (unpaired) electrons. The first kappa shape index (κ1) is 9.84. The van der Waals surface area contributed by atoms with Crippen molar-refractivity contribution in [3.05, 3.63) is 0 Å². The molecule has 0 aromatic rings. The van der Waals surface area contributed by atoms with E-state index in [9.17, 15) is 0 Å². The van der Waals surface area contributed by atoms with Crippen molar-refractivity contribution in [1.82, 2.24) is 5.32 Å². The van der Waals surface area contributed by atoms with Crippen molar-refractivity contribution in [3.63, 3.8) is 0 Å². The number of nitrogens with one attached hydrogen (secondary N) is 1. The van der Waals surface area contributed by atoms with E-state index in [1.807, 2.05) is 0 Å². The summed E-state index contributed by atoms with van der Waals surface area (Å²) in [7, 11) is 0. The highest BCUT2D eigenvalue weighted by Gasteiger charge is 2.18. The second-order valence-electron chi connectivity index (χ2n) is 2.97. The molecule has 0 amide bonds. The molecule has 0 aromatic carbocycles. The monoisotopic (exact) mass is 148 g/mol. The van der Waals surface area contributed by atoms with Gasteiger partial charge in [0.25, 0.3) is 0 Å². The molecule has 0 spiro atoms. The molecule has 0 aromatic heterocycles. The van der Waals surface area contributed by atoms with Crippen LogP contribution in [0, 0.1) is 0 Å². The van der Waals surface area contributed by atoms with E-state index in [0.717, 1.165) is 0 Å². The zero-order chi connectivity index (χ0) is 8.36. The number of nitrogens with two attached hydrogens (primary N) is 1. The minimum absolute atomic E-state index is 0.583. The van der Waals surface area contributed by atoms with E-state index in [0.29, 0.717) is 0 Å². The van der Waals surface area contributed by atoms with Crippen molar-refractivity contribution in [2.75, 3.05) is 0 Å². The fraction of sp³-hybridized carbons (Fsp3) is 1.00. The van der Waals surface area contributed by atoms with Gasteiger partial charge in [0.2, 0.25) is 0 Å². The quantitative estimate of drug-likeness (QED) is 0.386. The van der Waals surface area contributed by atoms with Gasteiger partial charge in [-0.2, -0.15) is 0 Å². The van der Waals surface area contributed by atoms with Crippen molar-refractivity contribution in [3.8, 4) is 0 Å². The molecular formula is C6H16N2O2. The number of hydrogen-bond donors (Lipinski definition) is 4. The van der Waals surface area contributed by atoms with Crippen LogP contribution in [0.2, 0.25) is 0 Å². The fourth-order valence-electron chi connectivity index (χ4n) is 0.528. The van der Waals surface area contributed by atoms with Gasteiger partial charge in [0.1, 0.15) is 5.72 Å². The van der Waals surface area contributed by atoms with Crippen LogP contribution in [0.5, 0.6) is 0 Å². The minimum atomic E-state index is -1.03. The van der Waals surface area contributed by atoms with Gasteiger partial charge in [-0.1, -0.05) is 0 Å². The van der Waals surface area contributed by atoms with Crippen LogP contribution < -0.4 is 11.1 Å². The van der Waals surface area contributed by atoms with Crippen LogP contribution in [0.1, 0.15) is 20.8 Å². The largest absolute Gasteiger partial charge is 0.390 e. The average Bonchev–Trinajstić information content (AvgIpc) is 1.60. The van der Waals surface area contributed by atoms with Gasteiger partial charge in [-0.15, -0.1) is 0 Å². The molecule has 0 aliphatic heterocycles. The summed E-state index contributed by atoms with van der Waals surface area (Å²) in [6.07, 6.45) is -1.24. The lowest BCUT2D eigenvalue weighted by Crippen LogP contribution is -2.54. The predicted octanol–water partition coefficient (Wildman–Crippen LogP) is -1.03. The highest BCUT2D eigenvalue weighted by Crippen LogP contribution is 1.96. The van der Waals surface area contributed by atoms with Crippen LogP contribution in [-0.2, 0) is 0 Å². The Labute approximate surface area is 61.0 Å². The molecule has 10 heavy (non-hydrogen) atoms. The predicted molar refractivity (Wildman–Crippen MR) is 39.1 cm³/mol. The van der Waals surface area contributed by atoms with Crippen LogP contribution in [0.25, 0.3) is 0 Å². The molecular weight excluding hydrogens is 132 g/mol. The number of aliphatic hydroxyl groups is 2. The van der Waals surface area contributed by atoms with Crippen LogP contribution >= 0.6 is 0 Å². The Bertz CT molecular complexity index is 98.4. The van der Waals surface area contributed by atoms with Gasteiger partial charge >= 0.3 is 0 Å². The molecule has 0 bridgehead atoms.